The Bertz CT molecular complexity index is 196. The van der Waals surface area contributed by atoms with E-state index in [2.05, 4.69) is 0 Å². The van der Waals surface area contributed by atoms with E-state index in [9.17, 15) is 0 Å². The van der Waals surface area contributed by atoms with Crippen molar-refractivity contribution < 1.29 is 0 Å². The molecule has 2 nitrogen and oxygen atoms in total. The van der Waals surface area contributed by atoms with Gasteiger partial charge in [0.25, 0.3) is 0 Å². The zero-order chi connectivity index (χ0) is 18.3. The average molecular weight is 355 g/mol. The Morgan fingerprint density at radius 3 is 0.440 bits per heavy atom. The highest BCUT2D eigenvalue weighted by molar-refractivity contribution is 4.51. The molecule has 0 aromatic rings. The van der Waals surface area contributed by atoms with Crippen molar-refractivity contribution in [3.05, 3.63) is 0 Å². The molecular weight excluding hydrogens is 304 g/mol. The van der Waals surface area contributed by atoms with Gasteiger partial charge in [0.15, 0.2) is 0 Å². The molecule has 0 aromatic heterocycles. The lowest BCUT2D eigenvalue weighted by Crippen LogP contribution is -1.97. The molecule has 0 amide bonds. The summed E-state index contributed by atoms with van der Waals surface area (Å²) in [5.41, 5.74) is 11.0. The highest BCUT2D eigenvalue weighted by atomic mass is 14.5. The van der Waals surface area contributed by atoms with Crippen LogP contribution in [0.5, 0.6) is 0 Å². The molecule has 152 valence electrons. The van der Waals surface area contributed by atoms with Gasteiger partial charge in [0.2, 0.25) is 0 Å². The number of nitrogens with two attached hydrogens (primary N) is 2. The van der Waals surface area contributed by atoms with Gasteiger partial charge >= 0.3 is 0 Å². The summed E-state index contributed by atoms with van der Waals surface area (Å²) < 4.78 is 0. The number of unbranched alkanes of at least 4 members (excludes halogenated alkanes) is 20. The van der Waals surface area contributed by atoms with Crippen molar-refractivity contribution in [3.8, 4) is 0 Å². The molecule has 0 bridgehead atoms. The van der Waals surface area contributed by atoms with Crippen LogP contribution in [0.25, 0.3) is 0 Å². The fourth-order valence-electron chi connectivity index (χ4n) is 3.65. The van der Waals surface area contributed by atoms with Gasteiger partial charge in [-0.3, -0.25) is 0 Å². The Morgan fingerprint density at radius 1 is 0.200 bits per heavy atom. The Morgan fingerprint density at radius 2 is 0.320 bits per heavy atom. The normalized spacial score (nSPS) is 11.3. The predicted molar refractivity (Wildman–Crippen MR) is 115 cm³/mol. The summed E-state index contributed by atoms with van der Waals surface area (Å²) in [5.74, 6) is 0. The van der Waals surface area contributed by atoms with Crippen LogP contribution in [0.3, 0.4) is 0 Å². The molecule has 4 N–H and O–H groups in total. The van der Waals surface area contributed by atoms with Crippen LogP contribution in [-0.2, 0) is 0 Å². The molecule has 0 fully saturated rings. The standard InChI is InChI=1S/C23H50N2/c24-22-20-18-16-14-12-10-8-6-4-2-1-3-5-7-9-11-13-15-17-19-21-23-25/h1-25H2. The summed E-state index contributed by atoms with van der Waals surface area (Å²) in [6.07, 6.45) is 29.7. The van der Waals surface area contributed by atoms with Crippen molar-refractivity contribution in [2.75, 3.05) is 13.1 Å². The molecule has 0 heterocycles. The van der Waals surface area contributed by atoms with Gasteiger partial charge in [-0.25, -0.2) is 0 Å². The molecule has 0 aliphatic heterocycles. The van der Waals surface area contributed by atoms with Crippen molar-refractivity contribution in [1.82, 2.24) is 0 Å². The van der Waals surface area contributed by atoms with E-state index in [1.54, 1.807) is 0 Å². The number of hydrogen-bond donors (Lipinski definition) is 2. The van der Waals surface area contributed by atoms with Crippen molar-refractivity contribution in [2.24, 2.45) is 11.5 Å². The Balaban J connectivity index is 2.94. The maximum absolute atomic E-state index is 5.51. The minimum atomic E-state index is 0.871. The summed E-state index contributed by atoms with van der Waals surface area (Å²) >= 11 is 0. The third kappa shape index (κ3) is 23.9. The molecule has 0 radical (unpaired) electrons. The second kappa shape index (κ2) is 23.9. The van der Waals surface area contributed by atoms with Crippen LogP contribution in [0.4, 0.5) is 0 Å². The van der Waals surface area contributed by atoms with E-state index >= 15 is 0 Å². The van der Waals surface area contributed by atoms with Crippen LogP contribution in [0.15, 0.2) is 0 Å². The molecule has 0 aliphatic carbocycles. The summed E-state index contributed by atoms with van der Waals surface area (Å²) in [7, 11) is 0. The van der Waals surface area contributed by atoms with Crippen LogP contribution >= 0.6 is 0 Å². The minimum absolute atomic E-state index is 0.871. The van der Waals surface area contributed by atoms with Gasteiger partial charge in [-0.05, 0) is 25.9 Å². The van der Waals surface area contributed by atoms with Gasteiger partial charge in [0, 0.05) is 0 Å². The van der Waals surface area contributed by atoms with E-state index in [0.29, 0.717) is 0 Å². The molecule has 0 aromatic carbocycles. The third-order valence-corrected chi connectivity index (χ3v) is 5.41. The molecule has 0 aliphatic rings. The molecule has 0 saturated heterocycles. The van der Waals surface area contributed by atoms with Crippen molar-refractivity contribution in [3.63, 3.8) is 0 Å². The molecule has 0 unspecified atom stereocenters. The lowest BCUT2D eigenvalue weighted by atomic mass is 10.0. The van der Waals surface area contributed by atoms with E-state index in [1.807, 2.05) is 0 Å². The summed E-state index contributed by atoms with van der Waals surface area (Å²) in [5, 5.41) is 0. The largest absolute Gasteiger partial charge is 0.330 e. The summed E-state index contributed by atoms with van der Waals surface area (Å²) in [4.78, 5) is 0. The molecular formula is C23H50N2. The van der Waals surface area contributed by atoms with Crippen molar-refractivity contribution in [2.45, 2.75) is 135 Å². The Hall–Kier alpha value is -0.0800. The van der Waals surface area contributed by atoms with Crippen molar-refractivity contribution in [1.29, 1.82) is 0 Å². The maximum atomic E-state index is 5.51. The second-order valence-electron chi connectivity index (χ2n) is 8.00. The first-order chi connectivity index (χ1) is 12.4. The van der Waals surface area contributed by atoms with Gasteiger partial charge in [-0.15, -0.1) is 0 Å². The van der Waals surface area contributed by atoms with Crippen LogP contribution in [0, 0.1) is 0 Å². The maximum Gasteiger partial charge on any atom is -0.00773 e. The zero-order valence-electron chi connectivity index (χ0n) is 17.4. The first kappa shape index (κ1) is 24.9. The predicted octanol–water partition coefficient (Wildman–Crippen LogP) is 7.10. The number of hydrogen-bond acceptors (Lipinski definition) is 2. The van der Waals surface area contributed by atoms with Gasteiger partial charge < -0.3 is 11.5 Å². The van der Waals surface area contributed by atoms with E-state index < -0.39 is 0 Å². The third-order valence-electron chi connectivity index (χ3n) is 5.41. The van der Waals surface area contributed by atoms with Gasteiger partial charge in [0.1, 0.15) is 0 Å². The van der Waals surface area contributed by atoms with Crippen LogP contribution in [-0.4, -0.2) is 13.1 Å². The van der Waals surface area contributed by atoms with Gasteiger partial charge in [-0.2, -0.15) is 0 Å². The van der Waals surface area contributed by atoms with Crippen LogP contribution in [0.2, 0.25) is 0 Å². The molecule has 2 heteroatoms. The van der Waals surface area contributed by atoms with Crippen LogP contribution in [0.1, 0.15) is 135 Å². The molecule has 0 rings (SSSR count). The summed E-state index contributed by atoms with van der Waals surface area (Å²) in [6, 6.07) is 0. The topological polar surface area (TPSA) is 52.0 Å². The lowest BCUT2D eigenvalue weighted by Gasteiger charge is -2.04. The first-order valence-electron chi connectivity index (χ1n) is 11.8. The molecule has 0 atom stereocenters. The fraction of sp³-hybridized carbons (Fsp3) is 1.00. The minimum Gasteiger partial charge on any atom is -0.330 e. The Kier molecular flexibility index (Phi) is 23.8. The smallest absolute Gasteiger partial charge is 0.00773 e. The molecule has 25 heavy (non-hydrogen) atoms. The van der Waals surface area contributed by atoms with E-state index in [1.165, 1.54) is 135 Å². The zero-order valence-corrected chi connectivity index (χ0v) is 17.4. The SMILES string of the molecule is NCCCCCCCCCCCCCCCCCCCCCCCN. The van der Waals surface area contributed by atoms with E-state index in [0.717, 1.165) is 13.1 Å². The number of rotatable bonds is 22. The Labute approximate surface area is 159 Å². The highest BCUT2D eigenvalue weighted by Crippen LogP contribution is 2.14. The molecule has 0 spiro atoms. The lowest BCUT2D eigenvalue weighted by molar-refractivity contribution is 0.520. The fourth-order valence-corrected chi connectivity index (χ4v) is 3.65. The monoisotopic (exact) mass is 354 g/mol. The van der Waals surface area contributed by atoms with Gasteiger partial charge in [-0.1, -0.05) is 122 Å². The quantitative estimate of drug-likeness (QED) is 0.204. The average Bonchev–Trinajstić information content (AvgIpc) is 2.63. The second-order valence-corrected chi connectivity index (χ2v) is 8.00. The van der Waals surface area contributed by atoms with Crippen LogP contribution < -0.4 is 11.5 Å². The van der Waals surface area contributed by atoms with E-state index in [4.69, 9.17) is 11.5 Å². The van der Waals surface area contributed by atoms with E-state index in [-0.39, 0.29) is 0 Å². The van der Waals surface area contributed by atoms with Gasteiger partial charge in [0.05, 0.1) is 0 Å². The highest BCUT2D eigenvalue weighted by Gasteiger charge is 1.95. The molecule has 0 saturated carbocycles. The van der Waals surface area contributed by atoms with Crippen molar-refractivity contribution >= 4 is 0 Å². The summed E-state index contributed by atoms with van der Waals surface area (Å²) in [6.45, 7) is 1.74. The first-order valence-corrected chi connectivity index (χ1v) is 11.8.